The van der Waals surface area contributed by atoms with Gasteiger partial charge in [0.15, 0.2) is 11.5 Å². The van der Waals surface area contributed by atoms with E-state index in [1.807, 2.05) is 42.5 Å². The summed E-state index contributed by atoms with van der Waals surface area (Å²) in [6, 6.07) is 34.5. The molecule has 7 nitrogen and oxygen atoms in total. The Morgan fingerprint density at radius 2 is 1.57 bits per heavy atom. The molecule has 1 N–H and O–H groups in total. The van der Waals surface area contributed by atoms with Gasteiger partial charge in [-0.1, -0.05) is 92.2 Å². The second-order valence-corrected chi connectivity index (χ2v) is 10.9. The molecule has 1 aliphatic heterocycles. The number of nitrogens with zero attached hydrogens (tertiary/aromatic N) is 2. The molecule has 6 rings (SSSR count). The van der Waals surface area contributed by atoms with Gasteiger partial charge in [-0.05, 0) is 48.2 Å². The zero-order valence-corrected chi connectivity index (χ0v) is 25.2. The second kappa shape index (κ2) is 13.6. The van der Waals surface area contributed by atoms with Crippen molar-refractivity contribution in [1.82, 2.24) is 14.9 Å². The number of benzene rings is 4. The van der Waals surface area contributed by atoms with Gasteiger partial charge < -0.3 is 24.1 Å². The molecule has 224 valence electrons. The number of rotatable bonds is 12. The average molecular weight is 588 g/mol. The summed E-state index contributed by atoms with van der Waals surface area (Å²) in [5, 5.41) is 3.87. The van der Waals surface area contributed by atoms with Crippen molar-refractivity contribution < 1.29 is 19.0 Å². The van der Waals surface area contributed by atoms with Crippen LogP contribution in [0.25, 0.3) is 22.6 Å². The van der Waals surface area contributed by atoms with Gasteiger partial charge in [0.25, 0.3) is 0 Å². The van der Waals surface area contributed by atoms with E-state index in [0.29, 0.717) is 18.5 Å². The van der Waals surface area contributed by atoms with Crippen LogP contribution < -0.4 is 14.8 Å². The maximum atomic E-state index is 12.0. The van der Waals surface area contributed by atoms with Crippen molar-refractivity contribution in [2.75, 3.05) is 13.9 Å². The molecule has 0 saturated carbocycles. The lowest BCUT2D eigenvalue weighted by molar-refractivity contribution is 0.0600. The second-order valence-electron chi connectivity index (χ2n) is 10.9. The van der Waals surface area contributed by atoms with Crippen LogP contribution in [0.1, 0.15) is 53.0 Å². The molecule has 1 unspecified atom stereocenters. The van der Waals surface area contributed by atoms with Gasteiger partial charge in [0.2, 0.25) is 6.79 Å². The van der Waals surface area contributed by atoms with Crippen molar-refractivity contribution in [3.05, 3.63) is 126 Å². The highest BCUT2D eigenvalue weighted by atomic mass is 16.7. The van der Waals surface area contributed by atoms with Gasteiger partial charge in [-0.3, -0.25) is 0 Å². The van der Waals surface area contributed by atoms with Crippen molar-refractivity contribution in [3.8, 4) is 34.1 Å². The number of methoxy groups -OCH3 is 1. The van der Waals surface area contributed by atoms with Crippen LogP contribution in [0, 0.1) is 0 Å². The monoisotopic (exact) mass is 587 g/mol. The molecule has 0 fully saturated rings. The van der Waals surface area contributed by atoms with Gasteiger partial charge in [0.05, 0.1) is 30.1 Å². The lowest BCUT2D eigenvalue weighted by atomic mass is 9.98. The Morgan fingerprint density at radius 1 is 0.886 bits per heavy atom. The lowest BCUT2D eigenvalue weighted by Gasteiger charge is -2.24. The third kappa shape index (κ3) is 6.38. The van der Waals surface area contributed by atoms with E-state index in [9.17, 15) is 4.79 Å². The minimum atomic E-state index is -0.342. The third-order valence-electron chi connectivity index (χ3n) is 7.96. The fourth-order valence-corrected chi connectivity index (χ4v) is 5.66. The van der Waals surface area contributed by atoms with E-state index in [1.165, 1.54) is 7.11 Å². The van der Waals surface area contributed by atoms with Gasteiger partial charge >= 0.3 is 5.97 Å². The first kappa shape index (κ1) is 29.2. The van der Waals surface area contributed by atoms with Crippen LogP contribution in [0.4, 0.5) is 0 Å². The smallest absolute Gasteiger partial charge is 0.337 e. The molecule has 7 heteroatoms. The zero-order chi connectivity index (χ0) is 30.3. The van der Waals surface area contributed by atoms with E-state index in [-0.39, 0.29) is 18.8 Å². The highest BCUT2D eigenvalue weighted by Crippen LogP contribution is 2.37. The highest BCUT2D eigenvalue weighted by molar-refractivity contribution is 5.89. The molecule has 0 radical (unpaired) electrons. The van der Waals surface area contributed by atoms with Crippen LogP contribution in [-0.2, 0) is 24.2 Å². The van der Waals surface area contributed by atoms with E-state index in [2.05, 4.69) is 77.5 Å². The SMILES string of the molecule is CCCCn1c(-c2ccccc2)nc(-c2ccccc2)c1C(Cc1ccc2c(c1)OCO2)NCc1ccc(C(=O)OC)cc1. The Balaban J connectivity index is 1.45. The van der Waals surface area contributed by atoms with Crippen molar-refractivity contribution in [3.63, 3.8) is 0 Å². The molecular formula is C37H37N3O4. The van der Waals surface area contributed by atoms with E-state index < -0.39 is 0 Å². The molecule has 1 aromatic heterocycles. The number of esters is 1. The van der Waals surface area contributed by atoms with E-state index in [4.69, 9.17) is 19.2 Å². The normalized spacial score (nSPS) is 12.7. The molecule has 0 aliphatic carbocycles. The number of aromatic nitrogens is 2. The van der Waals surface area contributed by atoms with Gasteiger partial charge in [0, 0.05) is 24.2 Å². The summed E-state index contributed by atoms with van der Waals surface area (Å²) in [5.74, 6) is 2.17. The molecule has 5 aromatic rings. The first-order valence-electron chi connectivity index (χ1n) is 15.1. The predicted molar refractivity (Wildman–Crippen MR) is 172 cm³/mol. The predicted octanol–water partition coefficient (Wildman–Crippen LogP) is 7.61. The Labute approximate surface area is 258 Å². The summed E-state index contributed by atoms with van der Waals surface area (Å²) >= 11 is 0. The van der Waals surface area contributed by atoms with Crippen LogP contribution in [0.5, 0.6) is 11.5 Å². The number of fused-ring (bicyclic) bond motifs is 1. The third-order valence-corrected chi connectivity index (χ3v) is 7.96. The van der Waals surface area contributed by atoms with Crippen LogP contribution in [0.2, 0.25) is 0 Å². The average Bonchev–Trinajstić information content (AvgIpc) is 3.71. The summed E-state index contributed by atoms with van der Waals surface area (Å²) in [7, 11) is 1.40. The molecule has 2 heterocycles. The van der Waals surface area contributed by atoms with Gasteiger partial charge in [0.1, 0.15) is 5.82 Å². The fraction of sp³-hybridized carbons (Fsp3) is 0.243. The van der Waals surface area contributed by atoms with Crippen molar-refractivity contribution in [2.45, 2.75) is 45.3 Å². The maximum Gasteiger partial charge on any atom is 0.337 e. The molecule has 1 aliphatic rings. The van der Waals surface area contributed by atoms with Crippen molar-refractivity contribution >= 4 is 5.97 Å². The molecule has 0 bridgehead atoms. The number of nitrogens with one attached hydrogen (secondary N) is 1. The number of unbranched alkanes of at least 4 members (excludes halogenated alkanes) is 1. The number of carbonyl (C=O) groups excluding carboxylic acids is 1. The quantitative estimate of drug-likeness (QED) is 0.152. The highest BCUT2D eigenvalue weighted by Gasteiger charge is 2.27. The Bertz CT molecular complexity index is 1700. The largest absolute Gasteiger partial charge is 0.465 e. The molecule has 4 aromatic carbocycles. The first-order chi connectivity index (χ1) is 21.6. The molecule has 0 saturated heterocycles. The minimum Gasteiger partial charge on any atom is -0.465 e. The standard InChI is InChI=1S/C37H37N3O4/c1-3-4-21-40-35(34(28-11-7-5-8-12-28)39-36(40)29-13-9-6-10-14-29)31(22-27-17-20-32-33(23-27)44-25-43-32)38-24-26-15-18-30(19-16-26)37(41)42-2/h5-20,23,31,38H,3-4,21-22,24-25H2,1-2H3. The number of hydrogen-bond acceptors (Lipinski definition) is 6. The fourth-order valence-electron chi connectivity index (χ4n) is 5.66. The number of ether oxygens (including phenoxy) is 3. The van der Waals surface area contributed by atoms with E-state index in [0.717, 1.165) is 70.4 Å². The number of imidazole rings is 1. The van der Waals surface area contributed by atoms with Crippen LogP contribution in [0.15, 0.2) is 103 Å². The van der Waals surface area contributed by atoms with Crippen molar-refractivity contribution in [1.29, 1.82) is 0 Å². The minimum absolute atomic E-state index is 0.0901. The Kier molecular flexibility index (Phi) is 9.03. The van der Waals surface area contributed by atoms with Crippen LogP contribution >= 0.6 is 0 Å². The molecular weight excluding hydrogens is 550 g/mol. The number of carbonyl (C=O) groups is 1. The maximum absolute atomic E-state index is 12.0. The number of hydrogen-bond donors (Lipinski definition) is 1. The molecule has 0 spiro atoms. The van der Waals surface area contributed by atoms with Gasteiger partial charge in [-0.2, -0.15) is 0 Å². The van der Waals surface area contributed by atoms with Crippen LogP contribution in [0.3, 0.4) is 0 Å². The Hall–Kier alpha value is -4.88. The van der Waals surface area contributed by atoms with Gasteiger partial charge in [-0.15, -0.1) is 0 Å². The topological polar surface area (TPSA) is 74.6 Å². The van der Waals surface area contributed by atoms with E-state index >= 15 is 0 Å². The van der Waals surface area contributed by atoms with Gasteiger partial charge in [-0.25, -0.2) is 9.78 Å². The zero-order valence-electron chi connectivity index (χ0n) is 25.2. The summed E-state index contributed by atoms with van der Waals surface area (Å²) in [6.45, 7) is 3.91. The summed E-state index contributed by atoms with van der Waals surface area (Å²) < 4.78 is 18.6. The molecule has 0 amide bonds. The van der Waals surface area contributed by atoms with E-state index in [1.54, 1.807) is 0 Å². The van der Waals surface area contributed by atoms with Crippen LogP contribution in [-0.4, -0.2) is 29.4 Å². The summed E-state index contributed by atoms with van der Waals surface area (Å²) in [5.41, 5.74) is 7.02. The first-order valence-corrected chi connectivity index (χ1v) is 15.1. The molecule has 1 atom stereocenters. The van der Waals surface area contributed by atoms with Crippen molar-refractivity contribution in [2.24, 2.45) is 0 Å². The summed E-state index contributed by atoms with van der Waals surface area (Å²) in [6.07, 6.45) is 2.81. The lowest BCUT2D eigenvalue weighted by Crippen LogP contribution is -2.26. The Morgan fingerprint density at radius 3 is 2.27 bits per heavy atom. The molecule has 44 heavy (non-hydrogen) atoms. The summed E-state index contributed by atoms with van der Waals surface area (Å²) in [4.78, 5) is 17.4.